The fourth-order valence-corrected chi connectivity index (χ4v) is 3.45. The number of aryl methyl sites for hydroxylation is 1. The monoisotopic (exact) mass is 421 g/mol. The molecule has 0 bridgehead atoms. The van der Waals surface area contributed by atoms with Crippen molar-refractivity contribution in [3.8, 4) is 5.75 Å². The second-order valence-electron chi connectivity index (χ2n) is 6.52. The van der Waals surface area contributed by atoms with Gasteiger partial charge in [0.1, 0.15) is 12.4 Å². The summed E-state index contributed by atoms with van der Waals surface area (Å²) < 4.78 is 18.6. The fourth-order valence-electron chi connectivity index (χ4n) is 2.82. The Kier molecular flexibility index (Phi) is 10.8. The maximum Gasteiger partial charge on any atom is 0.254 e. The number of rotatable bonds is 14. The highest BCUT2D eigenvalue weighted by molar-refractivity contribution is 8.13. The molecule has 0 aliphatic rings. The van der Waals surface area contributed by atoms with Gasteiger partial charge >= 0.3 is 0 Å². The van der Waals surface area contributed by atoms with Crippen LogP contribution in [0.4, 0.5) is 0 Å². The summed E-state index contributed by atoms with van der Waals surface area (Å²) in [4.78, 5) is 23.6. The molecule has 0 saturated heterocycles. The first-order valence-corrected chi connectivity index (χ1v) is 11.2. The Bertz CT molecular complexity index is 820. The molecule has 6 nitrogen and oxygen atoms in total. The lowest BCUT2D eigenvalue weighted by Gasteiger charge is -2.14. The fraction of sp³-hybridized carbons (Fsp3) is 0.545. The number of hydrogen-bond acceptors (Lipinski definition) is 6. The molecule has 0 saturated carbocycles. The minimum atomic E-state index is -0.0408. The molecular formula is C22H31NO5S. The molecule has 1 aromatic heterocycles. The second-order valence-corrected chi connectivity index (χ2v) is 7.67. The van der Waals surface area contributed by atoms with Gasteiger partial charge in [0.15, 0.2) is 5.12 Å². The van der Waals surface area contributed by atoms with E-state index >= 15 is 0 Å². The van der Waals surface area contributed by atoms with Crippen LogP contribution in [0.15, 0.2) is 35.1 Å². The molecule has 0 unspecified atom stereocenters. The molecule has 160 valence electrons. The lowest BCUT2D eigenvalue weighted by molar-refractivity contribution is -0.110. The van der Waals surface area contributed by atoms with Crippen LogP contribution in [0.2, 0.25) is 0 Å². The molecule has 0 fully saturated rings. The van der Waals surface area contributed by atoms with Gasteiger partial charge in [-0.25, -0.2) is 0 Å². The zero-order chi connectivity index (χ0) is 20.9. The van der Waals surface area contributed by atoms with Crippen molar-refractivity contribution in [3.63, 3.8) is 0 Å². The number of hydrogen-bond donors (Lipinski definition) is 0. The zero-order valence-electron chi connectivity index (χ0n) is 17.4. The van der Waals surface area contributed by atoms with E-state index in [2.05, 4.69) is 6.92 Å². The van der Waals surface area contributed by atoms with Crippen LogP contribution >= 0.6 is 11.8 Å². The molecule has 2 rings (SSSR count). The quantitative estimate of drug-likeness (QED) is 0.431. The van der Waals surface area contributed by atoms with Crippen LogP contribution in [0.25, 0.3) is 10.9 Å². The van der Waals surface area contributed by atoms with Gasteiger partial charge in [-0.05, 0) is 18.6 Å². The Balaban J connectivity index is 1.74. The van der Waals surface area contributed by atoms with Crippen LogP contribution in [-0.2, 0) is 20.8 Å². The van der Waals surface area contributed by atoms with Crippen LogP contribution in [0.1, 0.15) is 33.1 Å². The summed E-state index contributed by atoms with van der Waals surface area (Å²) in [5.74, 6) is 1.27. The third-order valence-corrected chi connectivity index (χ3v) is 5.33. The van der Waals surface area contributed by atoms with E-state index in [4.69, 9.17) is 14.2 Å². The van der Waals surface area contributed by atoms with Crippen molar-refractivity contribution >= 4 is 27.8 Å². The summed E-state index contributed by atoms with van der Waals surface area (Å²) in [5.41, 5.74) is 0.859. The molecule has 0 N–H and O–H groups in total. The smallest absolute Gasteiger partial charge is 0.254 e. The highest BCUT2D eigenvalue weighted by atomic mass is 32.2. The van der Waals surface area contributed by atoms with Crippen LogP contribution in [0, 0.1) is 0 Å². The predicted molar refractivity (Wildman–Crippen MR) is 118 cm³/mol. The normalized spacial score (nSPS) is 11.1. The molecule has 0 aliphatic carbocycles. The molecule has 0 spiro atoms. The number of fused-ring (bicyclic) bond motifs is 1. The Morgan fingerprint density at radius 2 is 1.76 bits per heavy atom. The van der Waals surface area contributed by atoms with Gasteiger partial charge in [-0.3, -0.25) is 9.59 Å². The van der Waals surface area contributed by atoms with Crippen molar-refractivity contribution in [2.75, 3.05) is 38.8 Å². The average Bonchev–Trinajstić information content (AvgIpc) is 2.74. The van der Waals surface area contributed by atoms with Crippen molar-refractivity contribution in [3.05, 3.63) is 40.7 Å². The third-order valence-electron chi connectivity index (χ3n) is 4.35. The average molecular weight is 422 g/mol. The van der Waals surface area contributed by atoms with Gasteiger partial charge in [0.05, 0.1) is 31.9 Å². The Morgan fingerprint density at radius 3 is 2.52 bits per heavy atom. The van der Waals surface area contributed by atoms with E-state index in [0.717, 1.165) is 23.7 Å². The van der Waals surface area contributed by atoms with Crippen LogP contribution < -0.4 is 10.3 Å². The SMILES string of the molecule is CCCCn1c(=O)cc(OCCOCCOCCSC(=O)CC)c2ccccc21. The van der Waals surface area contributed by atoms with E-state index < -0.39 is 0 Å². The second kappa shape index (κ2) is 13.4. The van der Waals surface area contributed by atoms with E-state index in [1.54, 1.807) is 6.07 Å². The standard InChI is InChI=1S/C22H31NO5S/c1-3-5-10-23-19-9-7-6-8-18(19)20(17-21(23)24)28-14-13-26-11-12-27-15-16-29-22(25)4-2/h6-9,17H,3-5,10-16H2,1-2H3. The molecule has 0 amide bonds. The molecule has 1 aromatic carbocycles. The molecular weight excluding hydrogens is 390 g/mol. The van der Waals surface area contributed by atoms with Crippen LogP contribution in [0.3, 0.4) is 0 Å². The highest BCUT2D eigenvalue weighted by Gasteiger charge is 2.09. The van der Waals surface area contributed by atoms with Gasteiger partial charge in [0.25, 0.3) is 5.56 Å². The predicted octanol–water partition coefficient (Wildman–Crippen LogP) is 3.88. The van der Waals surface area contributed by atoms with Gasteiger partial charge in [0.2, 0.25) is 0 Å². The van der Waals surface area contributed by atoms with Gasteiger partial charge < -0.3 is 18.8 Å². The summed E-state index contributed by atoms with van der Waals surface area (Å²) in [6.45, 7) is 6.95. The number of nitrogens with zero attached hydrogens (tertiary/aromatic N) is 1. The topological polar surface area (TPSA) is 66.8 Å². The molecule has 1 heterocycles. The number of aromatic nitrogens is 1. The number of para-hydroxylation sites is 1. The molecule has 0 radical (unpaired) electrons. The molecule has 29 heavy (non-hydrogen) atoms. The first-order chi connectivity index (χ1) is 14.2. The molecule has 2 aromatic rings. The zero-order valence-corrected chi connectivity index (χ0v) is 18.2. The van der Waals surface area contributed by atoms with Crippen LogP contribution in [-0.4, -0.2) is 48.5 Å². The molecule has 0 atom stereocenters. The summed E-state index contributed by atoms with van der Waals surface area (Å²) in [6, 6.07) is 9.39. The Labute approximate surface area is 176 Å². The number of pyridine rings is 1. The highest BCUT2D eigenvalue weighted by Crippen LogP contribution is 2.23. The van der Waals surface area contributed by atoms with E-state index in [0.29, 0.717) is 57.5 Å². The molecule has 7 heteroatoms. The van der Waals surface area contributed by atoms with Crippen molar-refractivity contribution in [1.29, 1.82) is 0 Å². The van der Waals surface area contributed by atoms with Crippen LogP contribution in [0.5, 0.6) is 5.75 Å². The number of benzene rings is 1. The van der Waals surface area contributed by atoms with Gasteiger partial charge in [0, 0.05) is 30.2 Å². The lowest BCUT2D eigenvalue weighted by Crippen LogP contribution is -2.21. The molecule has 0 aliphatic heterocycles. The van der Waals surface area contributed by atoms with E-state index in [-0.39, 0.29) is 10.7 Å². The maximum atomic E-state index is 12.5. The van der Waals surface area contributed by atoms with Crippen molar-refractivity contribution in [1.82, 2.24) is 4.57 Å². The maximum absolute atomic E-state index is 12.5. The van der Waals surface area contributed by atoms with E-state index in [1.807, 2.05) is 35.8 Å². The largest absolute Gasteiger partial charge is 0.490 e. The first-order valence-electron chi connectivity index (χ1n) is 10.2. The summed E-state index contributed by atoms with van der Waals surface area (Å²) in [6.07, 6.45) is 2.56. The van der Waals surface area contributed by atoms with Crippen molar-refractivity contribution < 1.29 is 19.0 Å². The Morgan fingerprint density at radius 1 is 1.03 bits per heavy atom. The number of unbranched alkanes of at least 4 members (excludes halogenated alkanes) is 1. The van der Waals surface area contributed by atoms with Gasteiger partial charge in [-0.1, -0.05) is 44.2 Å². The number of carbonyl (C=O) groups is 1. The summed E-state index contributed by atoms with van der Waals surface area (Å²) >= 11 is 1.30. The number of carbonyl (C=O) groups excluding carboxylic acids is 1. The number of thioether (sulfide) groups is 1. The number of ether oxygens (including phenoxy) is 3. The first kappa shape index (κ1) is 23.4. The van der Waals surface area contributed by atoms with Gasteiger partial charge in [-0.15, -0.1) is 0 Å². The summed E-state index contributed by atoms with van der Waals surface area (Å²) in [7, 11) is 0. The van der Waals surface area contributed by atoms with Crippen molar-refractivity contribution in [2.45, 2.75) is 39.7 Å². The van der Waals surface area contributed by atoms with Gasteiger partial charge in [-0.2, -0.15) is 0 Å². The minimum Gasteiger partial charge on any atom is -0.490 e. The third kappa shape index (κ3) is 7.84. The van der Waals surface area contributed by atoms with Crippen molar-refractivity contribution in [2.24, 2.45) is 0 Å². The van der Waals surface area contributed by atoms with E-state index in [9.17, 15) is 9.59 Å². The van der Waals surface area contributed by atoms with E-state index in [1.165, 1.54) is 11.8 Å². The minimum absolute atomic E-state index is 0.0408. The lowest BCUT2D eigenvalue weighted by atomic mass is 10.2. The Hall–Kier alpha value is -1.83. The summed E-state index contributed by atoms with van der Waals surface area (Å²) in [5, 5.41) is 1.12.